The molecule has 0 aromatic heterocycles. The number of sulfonamides is 1. The van der Waals surface area contributed by atoms with Crippen molar-refractivity contribution < 1.29 is 23.1 Å². The number of carbonyl (C=O) groups is 1. The van der Waals surface area contributed by atoms with Gasteiger partial charge >= 0.3 is 5.97 Å². The first-order valence-corrected chi connectivity index (χ1v) is 7.11. The second kappa shape index (κ2) is 5.35. The number of ether oxygens (including phenoxy) is 1. The number of carboxylic acids is 1. The average molecular weight is 269 g/mol. The summed E-state index contributed by atoms with van der Waals surface area (Å²) in [5, 5.41) is 8.37. The highest BCUT2D eigenvalue weighted by Gasteiger charge is 2.36. The Morgan fingerprint density at radius 2 is 2.25 bits per heavy atom. The maximum atomic E-state index is 11.4. The van der Waals surface area contributed by atoms with E-state index in [9.17, 15) is 13.2 Å². The Morgan fingerprint density at radius 1 is 1.62 bits per heavy atom. The molecule has 1 saturated heterocycles. The molecule has 8 heteroatoms. The molecule has 1 N–H and O–H groups in total. The third-order valence-corrected chi connectivity index (χ3v) is 3.98. The molecule has 0 bridgehead atoms. The van der Waals surface area contributed by atoms with E-state index in [2.05, 4.69) is 12.6 Å². The first-order chi connectivity index (χ1) is 7.30. The van der Waals surface area contributed by atoms with Crippen LogP contribution in [0.5, 0.6) is 0 Å². The number of carboxylic acid groups (broad SMARTS) is 1. The maximum absolute atomic E-state index is 11.4. The summed E-state index contributed by atoms with van der Waals surface area (Å²) in [4.78, 5) is 10.2. The molecule has 1 fully saturated rings. The van der Waals surface area contributed by atoms with Crippen LogP contribution >= 0.6 is 12.6 Å². The molecule has 0 saturated carbocycles. The van der Waals surface area contributed by atoms with Crippen molar-refractivity contribution >= 4 is 28.6 Å². The van der Waals surface area contributed by atoms with Crippen molar-refractivity contribution in [1.29, 1.82) is 0 Å². The van der Waals surface area contributed by atoms with Gasteiger partial charge in [-0.2, -0.15) is 16.9 Å². The summed E-state index contributed by atoms with van der Waals surface area (Å²) >= 11 is 4.23. The Morgan fingerprint density at radius 3 is 2.75 bits per heavy atom. The Kier molecular flexibility index (Phi) is 4.60. The van der Waals surface area contributed by atoms with Gasteiger partial charge in [-0.25, -0.2) is 13.2 Å². The third-order valence-electron chi connectivity index (χ3n) is 2.30. The predicted molar refractivity (Wildman–Crippen MR) is 61.2 cm³/mol. The van der Waals surface area contributed by atoms with Crippen LogP contribution in [0.25, 0.3) is 0 Å². The summed E-state index contributed by atoms with van der Waals surface area (Å²) in [7, 11) is -3.28. The smallest absolute Gasteiger partial charge is 0.329 e. The van der Waals surface area contributed by atoms with E-state index in [0.717, 1.165) is 6.26 Å². The van der Waals surface area contributed by atoms with Gasteiger partial charge in [0.05, 0.1) is 12.9 Å². The van der Waals surface area contributed by atoms with Gasteiger partial charge in [0.1, 0.15) is 6.61 Å². The second-order valence-electron chi connectivity index (χ2n) is 3.78. The molecular formula is C8H15NO5S2. The lowest BCUT2D eigenvalue weighted by Gasteiger charge is -2.21. The lowest BCUT2D eigenvalue weighted by molar-refractivity contribution is -0.142. The largest absolute Gasteiger partial charge is 0.480 e. The highest BCUT2D eigenvalue weighted by Crippen LogP contribution is 2.24. The van der Waals surface area contributed by atoms with E-state index in [-0.39, 0.29) is 17.9 Å². The number of hydrogen-bond donors (Lipinski definition) is 2. The molecule has 0 aromatic carbocycles. The van der Waals surface area contributed by atoms with Gasteiger partial charge in [-0.1, -0.05) is 0 Å². The molecule has 1 aliphatic rings. The SMILES string of the molecule is CS(=O)(=O)N1CC(S)CC1COCC(=O)O. The summed E-state index contributed by atoms with van der Waals surface area (Å²) in [5.74, 6) is -1.06. The van der Waals surface area contributed by atoms with E-state index in [1.807, 2.05) is 0 Å². The van der Waals surface area contributed by atoms with Crippen LogP contribution in [0.1, 0.15) is 6.42 Å². The van der Waals surface area contributed by atoms with E-state index in [0.29, 0.717) is 13.0 Å². The number of thiol groups is 1. The molecule has 1 heterocycles. The van der Waals surface area contributed by atoms with E-state index < -0.39 is 22.6 Å². The van der Waals surface area contributed by atoms with E-state index in [1.54, 1.807) is 0 Å². The Bertz CT molecular complexity index is 355. The minimum Gasteiger partial charge on any atom is -0.480 e. The molecule has 1 aliphatic heterocycles. The first-order valence-electron chi connectivity index (χ1n) is 4.75. The fourth-order valence-electron chi connectivity index (χ4n) is 1.70. The van der Waals surface area contributed by atoms with Crippen LogP contribution in [0.15, 0.2) is 0 Å². The Labute approximate surface area is 100 Å². The standard InChI is InChI=1S/C8H15NO5S2/c1-16(12,13)9-3-7(15)2-6(9)4-14-5-8(10)11/h6-7,15H,2-5H2,1H3,(H,10,11). The second-order valence-corrected chi connectivity index (χ2v) is 6.45. The summed E-state index contributed by atoms with van der Waals surface area (Å²) in [5.41, 5.74) is 0. The quantitative estimate of drug-likeness (QED) is 0.652. The predicted octanol–water partition coefficient (Wildman–Crippen LogP) is -0.580. The topological polar surface area (TPSA) is 83.9 Å². The van der Waals surface area contributed by atoms with Gasteiger partial charge in [0.2, 0.25) is 10.0 Å². The summed E-state index contributed by atoms with van der Waals surface area (Å²) < 4.78 is 29.0. The fraction of sp³-hybridized carbons (Fsp3) is 0.875. The molecule has 0 aliphatic carbocycles. The van der Waals surface area contributed by atoms with Gasteiger partial charge in [0, 0.05) is 17.8 Å². The fourth-order valence-corrected chi connectivity index (χ4v) is 3.37. The molecular weight excluding hydrogens is 254 g/mol. The Hall–Kier alpha value is -0.310. The van der Waals surface area contributed by atoms with Crippen molar-refractivity contribution in [3.63, 3.8) is 0 Å². The minimum absolute atomic E-state index is 0.0202. The van der Waals surface area contributed by atoms with Crippen LogP contribution in [0.2, 0.25) is 0 Å². The van der Waals surface area contributed by atoms with Crippen molar-refractivity contribution in [3.05, 3.63) is 0 Å². The van der Waals surface area contributed by atoms with Gasteiger partial charge < -0.3 is 9.84 Å². The van der Waals surface area contributed by atoms with Crippen molar-refractivity contribution in [3.8, 4) is 0 Å². The zero-order valence-corrected chi connectivity index (χ0v) is 10.6. The van der Waals surface area contributed by atoms with Crippen LogP contribution < -0.4 is 0 Å². The summed E-state index contributed by atoms with van der Waals surface area (Å²) in [6, 6.07) is -0.308. The van der Waals surface area contributed by atoms with Gasteiger partial charge in [-0.15, -0.1) is 0 Å². The van der Waals surface area contributed by atoms with Crippen molar-refractivity contribution in [2.24, 2.45) is 0 Å². The van der Waals surface area contributed by atoms with Crippen LogP contribution in [0.3, 0.4) is 0 Å². The average Bonchev–Trinajstić information content (AvgIpc) is 2.45. The molecule has 2 atom stereocenters. The summed E-state index contributed by atoms with van der Waals surface area (Å²) in [6.07, 6.45) is 1.71. The highest BCUT2D eigenvalue weighted by atomic mass is 32.2. The zero-order valence-electron chi connectivity index (χ0n) is 8.87. The van der Waals surface area contributed by atoms with Gasteiger partial charge in [0.15, 0.2) is 0 Å². The van der Waals surface area contributed by atoms with Crippen LogP contribution in [0.4, 0.5) is 0 Å². The zero-order chi connectivity index (χ0) is 12.3. The van der Waals surface area contributed by atoms with Crippen molar-refractivity contribution in [2.75, 3.05) is 26.0 Å². The molecule has 16 heavy (non-hydrogen) atoms. The number of rotatable bonds is 5. The molecule has 6 nitrogen and oxygen atoms in total. The number of aliphatic carboxylic acids is 1. The molecule has 0 radical (unpaired) electrons. The molecule has 94 valence electrons. The molecule has 1 rings (SSSR count). The van der Waals surface area contributed by atoms with Crippen LogP contribution in [0, 0.1) is 0 Å². The third kappa shape index (κ3) is 3.93. The molecule has 0 amide bonds. The molecule has 0 spiro atoms. The Balaban J connectivity index is 2.54. The number of nitrogens with zero attached hydrogens (tertiary/aromatic N) is 1. The lowest BCUT2D eigenvalue weighted by Crippen LogP contribution is -2.38. The molecule has 0 aromatic rings. The maximum Gasteiger partial charge on any atom is 0.329 e. The van der Waals surface area contributed by atoms with Crippen molar-refractivity contribution in [2.45, 2.75) is 17.7 Å². The highest BCUT2D eigenvalue weighted by molar-refractivity contribution is 7.88. The van der Waals surface area contributed by atoms with E-state index in [1.165, 1.54) is 4.31 Å². The van der Waals surface area contributed by atoms with Gasteiger partial charge in [0.25, 0.3) is 0 Å². The van der Waals surface area contributed by atoms with Gasteiger partial charge in [-0.05, 0) is 6.42 Å². The van der Waals surface area contributed by atoms with Crippen molar-refractivity contribution in [1.82, 2.24) is 4.31 Å². The first kappa shape index (κ1) is 13.8. The minimum atomic E-state index is -3.28. The summed E-state index contributed by atoms with van der Waals surface area (Å²) in [6.45, 7) is 0.0326. The van der Waals surface area contributed by atoms with Gasteiger partial charge in [-0.3, -0.25) is 0 Å². The van der Waals surface area contributed by atoms with E-state index in [4.69, 9.17) is 9.84 Å². The lowest BCUT2D eigenvalue weighted by atomic mass is 10.2. The van der Waals surface area contributed by atoms with Crippen LogP contribution in [-0.2, 0) is 19.6 Å². The van der Waals surface area contributed by atoms with Crippen LogP contribution in [-0.4, -0.2) is 61.1 Å². The monoisotopic (exact) mass is 269 g/mol. The normalized spacial score (nSPS) is 27.1. The number of hydrogen-bond acceptors (Lipinski definition) is 5. The van der Waals surface area contributed by atoms with E-state index >= 15 is 0 Å². The molecule has 2 unspecified atom stereocenters.